The molecule has 1 heterocycles. The first-order valence-electron chi connectivity index (χ1n) is 8.50. The van der Waals surface area contributed by atoms with Gasteiger partial charge in [0.05, 0.1) is 17.2 Å². The number of alkyl halides is 2. The average Bonchev–Trinajstić information content (AvgIpc) is 3.03. The first-order chi connectivity index (χ1) is 12.6. The lowest BCUT2D eigenvalue weighted by Crippen LogP contribution is -2.38. The van der Waals surface area contributed by atoms with Gasteiger partial charge in [-0.2, -0.15) is 0 Å². The maximum atomic E-state index is 12.2. The fourth-order valence-corrected chi connectivity index (χ4v) is 2.88. The summed E-state index contributed by atoms with van der Waals surface area (Å²) in [5.41, 5.74) is 1.96. The third-order valence-corrected chi connectivity index (χ3v) is 4.20. The van der Waals surface area contributed by atoms with Crippen molar-refractivity contribution in [3.05, 3.63) is 45.9 Å². The van der Waals surface area contributed by atoms with Crippen LogP contribution >= 0.6 is 11.3 Å². The summed E-state index contributed by atoms with van der Waals surface area (Å²) in [6.07, 6.45) is -1.66. The van der Waals surface area contributed by atoms with Gasteiger partial charge in [-0.3, -0.25) is 0 Å². The van der Waals surface area contributed by atoms with Crippen LogP contribution < -0.4 is 15.4 Å². The van der Waals surface area contributed by atoms with Gasteiger partial charge in [0.25, 0.3) is 6.43 Å². The smallest absolute Gasteiger partial charge is 0.272 e. The number of aryl methyl sites for hydroxylation is 1. The van der Waals surface area contributed by atoms with Gasteiger partial charge in [-0.05, 0) is 31.5 Å². The van der Waals surface area contributed by atoms with Crippen LogP contribution in [0, 0.1) is 6.92 Å². The molecule has 0 radical (unpaired) electrons. The lowest BCUT2D eigenvalue weighted by molar-refractivity contribution is 0.0818. The van der Waals surface area contributed by atoms with E-state index in [1.807, 2.05) is 19.9 Å². The van der Waals surface area contributed by atoms with Gasteiger partial charge in [-0.25, -0.2) is 18.8 Å². The van der Waals surface area contributed by atoms with Crippen LogP contribution in [0.4, 0.5) is 8.78 Å². The molecule has 0 unspecified atom stereocenters. The van der Waals surface area contributed by atoms with E-state index in [4.69, 9.17) is 4.74 Å². The van der Waals surface area contributed by atoms with Gasteiger partial charge in [-0.1, -0.05) is 12.1 Å². The molecule has 142 valence electrons. The normalized spacial score (nSPS) is 11.7. The summed E-state index contributed by atoms with van der Waals surface area (Å²) in [7, 11) is 0. The van der Waals surface area contributed by atoms with E-state index in [0.29, 0.717) is 18.3 Å². The van der Waals surface area contributed by atoms with Gasteiger partial charge in [-0.15, -0.1) is 11.3 Å². The molecule has 2 N–H and O–H groups in total. The molecule has 1 aromatic carbocycles. The van der Waals surface area contributed by atoms with Crippen LogP contribution in [0.25, 0.3) is 0 Å². The van der Waals surface area contributed by atoms with E-state index < -0.39 is 13.0 Å². The Labute approximate surface area is 156 Å². The van der Waals surface area contributed by atoms with Crippen LogP contribution in [0.3, 0.4) is 0 Å². The molecule has 0 fully saturated rings. The summed E-state index contributed by atoms with van der Waals surface area (Å²) in [5, 5.41) is 9.59. The number of nitrogens with zero attached hydrogens (tertiary/aromatic N) is 2. The van der Waals surface area contributed by atoms with Crippen molar-refractivity contribution in [3.63, 3.8) is 0 Å². The number of nitrogens with one attached hydrogen (secondary N) is 2. The van der Waals surface area contributed by atoms with Gasteiger partial charge in [0.2, 0.25) is 0 Å². The molecular formula is C18H24F2N4OS. The highest BCUT2D eigenvalue weighted by molar-refractivity contribution is 7.09. The minimum atomic E-state index is -2.48. The quantitative estimate of drug-likeness (QED) is 0.516. The van der Waals surface area contributed by atoms with Crippen molar-refractivity contribution in [2.24, 2.45) is 4.99 Å². The Bertz CT molecular complexity index is 706. The van der Waals surface area contributed by atoms with Crippen LogP contribution in [0.5, 0.6) is 5.75 Å². The van der Waals surface area contributed by atoms with E-state index in [-0.39, 0.29) is 0 Å². The van der Waals surface area contributed by atoms with E-state index >= 15 is 0 Å². The van der Waals surface area contributed by atoms with Gasteiger partial charge in [0.15, 0.2) is 5.96 Å². The molecule has 0 aliphatic heterocycles. The van der Waals surface area contributed by atoms with Crippen molar-refractivity contribution in [2.75, 3.05) is 19.7 Å². The molecule has 0 saturated heterocycles. The first-order valence-corrected chi connectivity index (χ1v) is 9.38. The van der Waals surface area contributed by atoms with Gasteiger partial charge in [0.1, 0.15) is 12.4 Å². The molecule has 2 rings (SSSR count). The SMILES string of the molecule is CCNC(=NCc1cccc(OCC(F)F)c1)NCCc1csc(C)n1. The van der Waals surface area contributed by atoms with Crippen molar-refractivity contribution >= 4 is 17.3 Å². The molecule has 1 aromatic heterocycles. The molecule has 0 aliphatic carbocycles. The number of aliphatic imine (C=N–C) groups is 1. The minimum absolute atomic E-state index is 0.426. The highest BCUT2D eigenvalue weighted by Gasteiger charge is 2.05. The van der Waals surface area contributed by atoms with E-state index in [2.05, 4.69) is 26.0 Å². The lowest BCUT2D eigenvalue weighted by Gasteiger charge is -2.11. The van der Waals surface area contributed by atoms with Crippen LogP contribution in [-0.4, -0.2) is 37.1 Å². The van der Waals surface area contributed by atoms with E-state index in [1.165, 1.54) is 0 Å². The summed E-state index contributed by atoms with van der Waals surface area (Å²) >= 11 is 1.64. The standard InChI is InChI=1S/C18H24F2N4OS/c1-3-21-18(22-8-7-15-12-26-13(2)24-15)23-10-14-5-4-6-16(9-14)25-11-17(19)20/h4-6,9,12,17H,3,7-8,10-11H2,1-2H3,(H2,21,22,23). The van der Waals surface area contributed by atoms with Crippen molar-refractivity contribution in [3.8, 4) is 5.75 Å². The Morgan fingerprint density at radius 3 is 2.88 bits per heavy atom. The van der Waals surface area contributed by atoms with Crippen molar-refractivity contribution < 1.29 is 13.5 Å². The van der Waals surface area contributed by atoms with E-state index in [1.54, 1.807) is 29.5 Å². The largest absolute Gasteiger partial charge is 0.488 e. The number of benzene rings is 1. The third-order valence-electron chi connectivity index (χ3n) is 3.38. The number of hydrogen-bond acceptors (Lipinski definition) is 4. The Kier molecular flexibility index (Phi) is 8.27. The number of ether oxygens (including phenoxy) is 1. The Hall–Kier alpha value is -2.22. The number of halogens is 2. The zero-order valence-corrected chi connectivity index (χ0v) is 15.8. The summed E-state index contributed by atoms with van der Waals surface area (Å²) in [6, 6.07) is 7.05. The fraction of sp³-hybridized carbons (Fsp3) is 0.444. The molecular weight excluding hydrogens is 358 g/mol. The Balaban J connectivity index is 1.88. The van der Waals surface area contributed by atoms with E-state index in [0.717, 1.165) is 35.8 Å². The number of hydrogen-bond donors (Lipinski definition) is 2. The van der Waals surface area contributed by atoms with Crippen LogP contribution in [-0.2, 0) is 13.0 Å². The molecule has 26 heavy (non-hydrogen) atoms. The molecule has 2 aromatic rings. The molecule has 0 amide bonds. The first kappa shape index (κ1) is 20.1. The molecule has 0 atom stereocenters. The minimum Gasteiger partial charge on any atom is -0.488 e. The monoisotopic (exact) mass is 382 g/mol. The van der Waals surface area contributed by atoms with Crippen molar-refractivity contribution in [1.29, 1.82) is 0 Å². The predicted octanol–water partition coefficient (Wildman–Crippen LogP) is 3.39. The van der Waals surface area contributed by atoms with Crippen molar-refractivity contribution in [1.82, 2.24) is 15.6 Å². The highest BCUT2D eigenvalue weighted by atomic mass is 32.1. The lowest BCUT2D eigenvalue weighted by atomic mass is 10.2. The van der Waals surface area contributed by atoms with Gasteiger partial charge in [0, 0.05) is 24.9 Å². The maximum absolute atomic E-state index is 12.2. The second-order valence-electron chi connectivity index (χ2n) is 5.58. The summed E-state index contributed by atoms with van der Waals surface area (Å²) in [6.45, 7) is 5.29. The Morgan fingerprint density at radius 2 is 2.19 bits per heavy atom. The molecule has 0 spiro atoms. The van der Waals surface area contributed by atoms with Gasteiger partial charge >= 0.3 is 0 Å². The Morgan fingerprint density at radius 1 is 1.35 bits per heavy atom. The average molecular weight is 382 g/mol. The fourth-order valence-electron chi connectivity index (χ4n) is 2.24. The summed E-state index contributed by atoms with van der Waals surface area (Å²) < 4.78 is 29.5. The molecule has 0 saturated carbocycles. The van der Waals surface area contributed by atoms with Crippen LogP contribution in [0.15, 0.2) is 34.6 Å². The second kappa shape index (κ2) is 10.7. The number of aromatic nitrogens is 1. The highest BCUT2D eigenvalue weighted by Crippen LogP contribution is 2.15. The van der Waals surface area contributed by atoms with Crippen molar-refractivity contribution in [2.45, 2.75) is 33.2 Å². The number of rotatable bonds is 9. The number of thiazole rings is 1. The van der Waals surface area contributed by atoms with Gasteiger partial charge < -0.3 is 15.4 Å². The summed E-state index contributed by atoms with van der Waals surface area (Å²) in [5.74, 6) is 1.13. The molecule has 8 heteroatoms. The number of guanidine groups is 1. The summed E-state index contributed by atoms with van der Waals surface area (Å²) in [4.78, 5) is 8.97. The van der Waals surface area contributed by atoms with Crippen LogP contribution in [0.2, 0.25) is 0 Å². The maximum Gasteiger partial charge on any atom is 0.272 e. The van der Waals surface area contributed by atoms with E-state index in [9.17, 15) is 8.78 Å². The molecule has 5 nitrogen and oxygen atoms in total. The molecule has 0 bridgehead atoms. The topological polar surface area (TPSA) is 58.5 Å². The predicted molar refractivity (Wildman–Crippen MR) is 101 cm³/mol. The van der Waals surface area contributed by atoms with Crippen LogP contribution in [0.1, 0.15) is 23.2 Å². The second-order valence-corrected chi connectivity index (χ2v) is 6.64. The third kappa shape index (κ3) is 7.35. The zero-order valence-electron chi connectivity index (χ0n) is 15.0. The zero-order chi connectivity index (χ0) is 18.8. The molecule has 0 aliphatic rings.